The number of hydrogen-bond acceptors (Lipinski definition) is 5. The summed E-state index contributed by atoms with van der Waals surface area (Å²) in [6.07, 6.45) is 1.49. The topological polar surface area (TPSA) is 73.1 Å². The maximum absolute atomic E-state index is 13.0. The predicted molar refractivity (Wildman–Crippen MR) is 123 cm³/mol. The van der Waals surface area contributed by atoms with E-state index >= 15 is 0 Å². The van der Waals surface area contributed by atoms with Crippen molar-refractivity contribution < 1.29 is 23.1 Å². The molecule has 0 aliphatic rings. The molecule has 4 rings (SSSR count). The van der Waals surface area contributed by atoms with E-state index in [0.29, 0.717) is 22.6 Å². The monoisotopic (exact) mass is 496 g/mol. The first-order valence-electron chi connectivity index (χ1n) is 9.59. The van der Waals surface area contributed by atoms with Crippen LogP contribution in [0.4, 0.5) is 4.39 Å². The first-order valence-corrected chi connectivity index (χ1v) is 10.4. The number of rotatable bonds is 7. The summed E-state index contributed by atoms with van der Waals surface area (Å²) in [4.78, 5) is 12.3. The number of hydrogen-bond donors (Lipinski definition) is 1. The van der Waals surface area contributed by atoms with Crippen molar-refractivity contribution in [2.75, 3.05) is 7.11 Å². The number of benzene rings is 3. The van der Waals surface area contributed by atoms with Crippen LogP contribution in [0.1, 0.15) is 21.7 Å². The molecule has 1 aromatic heterocycles. The average Bonchev–Trinajstić information content (AvgIpc) is 3.22. The summed E-state index contributed by atoms with van der Waals surface area (Å²) in [5.41, 5.74) is 4.59. The molecule has 0 unspecified atom stereocenters. The van der Waals surface area contributed by atoms with Gasteiger partial charge < -0.3 is 13.9 Å². The summed E-state index contributed by atoms with van der Waals surface area (Å²) in [5.74, 6) is 0.448. The maximum Gasteiger partial charge on any atom is 0.307 e. The fourth-order valence-electron chi connectivity index (χ4n) is 2.97. The molecule has 0 aliphatic carbocycles. The van der Waals surface area contributed by atoms with Crippen molar-refractivity contribution in [3.63, 3.8) is 0 Å². The Morgan fingerprint density at radius 2 is 1.91 bits per heavy atom. The smallest absolute Gasteiger partial charge is 0.307 e. The van der Waals surface area contributed by atoms with Gasteiger partial charge in [-0.25, -0.2) is 9.82 Å². The van der Waals surface area contributed by atoms with Gasteiger partial charge in [0.2, 0.25) is 0 Å². The molecule has 0 radical (unpaired) electrons. The lowest BCUT2D eigenvalue weighted by Gasteiger charge is -2.11. The molecule has 0 spiro atoms. The lowest BCUT2D eigenvalue weighted by atomic mass is 10.2. The van der Waals surface area contributed by atoms with Gasteiger partial charge in [-0.3, -0.25) is 4.79 Å². The molecular weight excluding hydrogens is 479 g/mol. The van der Waals surface area contributed by atoms with E-state index in [4.69, 9.17) is 13.9 Å². The van der Waals surface area contributed by atoms with E-state index in [1.54, 1.807) is 42.5 Å². The second-order valence-corrected chi connectivity index (χ2v) is 7.73. The Morgan fingerprint density at radius 3 is 2.69 bits per heavy atom. The quantitative estimate of drug-likeness (QED) is 0.263. The summed E-state index contributed by atoms with van der Waals surface area (Å²) in [6, 6.07) is 18.5. The molecule has 0 fully saturated rings. The Hall–Kier alpha value is -3.65. The molecule has 6 nitrogen and oxygen atoms in total. The standard InChI is InChI=1S/C24H18BrFN2O4/c1-30-22-10-16(4-8-21(22)31-14-15-2-6-19(26)7-3-15)13-27-28-24(29)23-12-17-11-18(25)5-9-20(17)32-23/h2-13H,14H2,1H3,(H,28,29)/b27-13-. The first kappa shape index (κ1) is 21.6. The summed E-state index contributed by atoms with van der Waals surface area (Å²) in [6.45, 7) is 0.272. The van der Waals surface area contributed by atoms with Crippen molar-refractivity contribution in [2.24, 2.45) is 5.10 Å². The molecule has 3 aromatic carbocycles. The number of furan rings is 1. The Balaban J connectivity index is 1.39. The van der Waals surface area contributed by atoms with Gasteiger partial charge in [-0.15, -0.1) is 0 Å². The molecule has 0 atom stereocenters. The first-order chi connectivity index (χ1) is 15.5. The third-order valence-electron chi connectivity index (χ3n) is 4.58. The highest BCUT2D eigenvalue weighted by Gasteiger charge is 2.12. The molecule has 0 aliphatic heterocycles. The molecule has 1 amide bonds. The van der Waals surface area contributed by atoms with E-state index in [2.05, 4.69) is 26.5 Å². The number of amides is 1. The van der Waals surface area contributed by atoms with E-state index < -0.39 is 5.91 Å². The lowest BCUT2D eigenvalue weighted by Crippen LogP contribution is -2.16. The highest BCUT2D eigenvalue weighted by Crippen LogP contribution is 2.28. The molecule has 1 N–H and O–H groups in total. The molecule has 4 aromatic rings. The van der Waals surface area contributed by atoms with Crippen molar-refractivity contribution in [3.8, 4) is 11.5 Å². The summed E-state index contributed by atoms with van der Waals surface area (Å²) in [7, 11) is 1.53. The minimum atomic E-state index is -0.459. The fourth-order valence-corrected chi connectivity index (χ4v) is 3.35. The molecule has 0 bridgehead atoms. The van der Waals surface area contributed by atoms with Crippen molar-refractivity contribution in [3.05, 3.63) is 93.9 Å². The number of hydrazone groups is 1. The van der Waals surface area contributed by atoms with E-state index in [0.717, 1.165) is 15.4 Å². The molecule has 0 saturated carbocycles. The van der Waals surface area contributed by atoms with Crippen molar-refractivity contribution >= 4 is 39.0 Å². The SMILES string of the molecule is COc1cc(/C=N\NC(=O)c2cc3cc(Br)ccc3o2)ccc1OCc1ccc(F)cc1. The molecule has 0 saturated heterocycles. The average molecular weight is 497 g/mol. The molecule has 32 heavy (non-hydrogen) atoms. The normalized spacial score (nSPS) is 11.1. The van der Waals surface area contributed by atoms with Crippen LogP contribution < -0.4 is 14.9 Å². The zero-order chi connectivity index (χ0) is 22.5. The molecule has 8 heteroatoms. The molecular formula is C24H18BrFN2O4. The van der Waals surface area contributed by atoms with Crippen LogP contribution in [0, 0.1) is 5.82 Å². The highest BCUT2D eigenvalue weighted by atomic mass is 79.9. The Bertz CT molecular complexity index is 1290. The van der Waals surface area contributed by atoms with Gasteiger partial charge in [0.05, 0.1) is 13.3 Å². The third kappa shape index (κ3) is 5.15. The van der Waals surface area contributed by atoms with Gasteiger partial charge in [-0.2, -0.15) is 5.10 Å². The molecule has 1 heterocycles. The van der Waals surface area contributed by atoms with Gasteiger partial charge in [-0.1, -0.05) is 28.1 Å². The number of halogens is 2. The molecule has 162 valence electrons. The highest BCUT2D eigenvalue weighted by molar-refractivity contribution is 9.10. The summed E-state index contributed by atoms with van der Waals surface area (Å²) >= 11 is 3.39. The van der Waals surface area contributed by atoms with Crippen LogP contribution in [0.5, 0.6) is 11.5 Å². The summed E-state index contributed by atoms with van der Waals surface area (Å²) < 4.78 is 30.6. The van der Waals surface area contributed by atoms with Crippen LogP contribution in [0.25, 0.3) is 11.0 Å². The van der Waals surface area contributed by atoms with Gasteiger partial charge in [0, 0.05) is 9.86 Å². The van der Waals surface area contributed by atoms with Gasteiger partial charge in [-0.05, 0) is 65.7 Å². The largest absolute Gasteiger partial charge is 0.493 e. The number of nitrogens with one attached hydrogen (secondary N) is 1. The Morgan fingerprint density at radius 1 is 1.09 bits per heavy atom. The van der Waals surface area contributed by atoms with Crippen LogP contribution in [0.3, 0.4) is 0 Å². The number of ether oxygens (including phenoxy) is 2. The lowest BCUT2D eigenvalue weighted by molar-refractivity contribution is 0.0929. The maximum atomic E-state index is 13.0. The zero-order valence-corrected chi connectivity index (χ0v) is 18.6. The van der Waals surface area contributed by atoms with E-state index in [1.165, 1.54) is 25.5 Å². The van der Waals surface area contributed by atoms with E-state index in [9.17, 15) is 9.18 Å². The van der Waals surface area contributed by atoms with E-state index in [1.807, 2.05) is 12.1 Å². The van der Waals surface area contributed by atoms with Gasteiger partial charge in [0.1, 0.15) is 18.0 Å². The number of fused-ring (bicyclic) bond motifs is 1. The minimum absolute atomic E-state index is 0.164. The van der Waals surface area contributed by atoms with Crippen LogP contribution in [0.15, 0.2) is 80.7 Å². The zero-order valence-electron chi connectivity index (χ0n) is 17.0. The van der Waals surface area contributed by atoms with Crippen LogP contribution in [0.2, 0.25) is 0 Å². The Kier molecular flexibility index (Phi) is 6.51. The number of nitrogens with zero attached hydrogens (tertiary/aromatic N) is 1. The minimum Gasteiger partial charge on any atom is -0.493 e. The summed E-state index contributed by atoms with van der Waals surface area (Å²) in [5, 5.41) is 4.80. The van der Waals surface area contributed by atoms with Gasteiger partial charge in [0.25, 0.3) is 0 Å². The number of methoxy groups -OCH3 is 1. The van der Waals surface area contributed by atoms with Crippen molar-refractivity contribution in [1.82, 2.24) is 5.43 Å². The van der Waals surface area contributed by atoms with Crippen LogP contribution in [-0.2, 0) is 6.61 Å². The number of carbonyl (C=O) groups excluding carboxylic acids is 1. The van der Waals surface area contributed by atoms with Crippen molar-refractivity contribution in [1.29, 1.82) is 0 Å². The van der Waals surface area contributed by atoms with Crippen LogP contribution in [-0.4, -0.2) is 19.2 Å². The number of carbonyl (C=O) groups is 1. The predicted octanol–water partition coefficient (Wildman–Crippen LogP) is 5.69. The van der Waals surface area contributed by atoms with E-state index in [-0.39, 0.29) is 18.2 Å². The second-order valence-electron chi connectivity index (χ2n) is 6.82. The van der Waals surface area contributed by atoms with Crippen LogP contribution >= 0.6 is 15.9 Å². The van der Waals surface area contributed by atoms with Crippen molar-refractivity contribution in [2.45, 2.75) is 6.61 Å². The Labute approximate surface area is 191 Å². The van der Waals surface area contributed by atoms with Gasteiger partial charge in [0.15, 0.2) is 17.3 Å². The fraction of sp³-hybridized carbons (Fsp3) is 0.0833. The van der Waals surface area contributed by atoms with Gasteiger partial charge >= 0.3 is 5.91 Å². The third-order valence-corrected chi connectivity index (χ3v) is 5.07. The second kappa shape index (κ2) is 9.65.